The van der Waals surface area contributed by atoms with Crippen molar-refractivity contribution in [3.63, 3.8) is 0 Å². The number of hydrogen-bond donors (Lipinski definition) is 1. The molecule has 2 radical (unpaired) electrons. The van der Waals surface area contributed by atoms with Crippen molar-refractivity contribution in [2.45, 2.75) is 6.42 Å². The molecule has 0 atom stereocenters. The summed E-state index contributed by atoms with van der Waals surface area (Å²) < 4.78 is 0. The van der Waals surface area contributed by atoms with Gasteiger partial charge in [0.25, 0.3) is 0 Å². The van der Waals surface area contributed by atoms with E-state index in [-0.39, 0.29) is 0 Å². The molecule has 0 aromatic carbocycles. The summed E-state index contributed by atoms with van der Waals surface area (Å²) in [5.74, 6) is 0. The fraction of sp³-hybridized carbons (Fsp3) is 0.250. The summed E-state index contributed by atoms with van der Waals surface area (Å²) in [4.78, 5) is 0. The summed E-state index contributed by atoms with van der Waals surface area (Å²) in [7, 11) is 0. The normalized spacial score (nSPS) is 19.2. The molecule has 1 heterocycles. The zero-order valence-corrected chi connectivity index (χ0v) is 2.86. The average Bonchev–Trinajstić information content (AvgIpc) is 1.76. The number of rotatable bonds is 0. The van der Waals surface area contributed by atoms with Gasteiger partial charge in [-0.05, 0) is 12.6 Å². The van der Waals surface area contributed by atoms with Crippen LogP contribution in [0.4, 0.5) is 0 Å². The van der Waals surface area contributed by atoms with Crippen LogP contribution in [0, 0.1) is 6.54 Å². The predicted molar refractivity (Wildman–Crippen MR) is 20.1 cm³/mol. The fourth-order valence-corrected chi connectivity index (χ4v) is 0.295. The third kappa shape index (κ3) is 0.407. The van der Waals surface area contributed by atoms with Crippen LogP contribution in [0.3, 0.4) is 0 Å². The Labute approximate surface area is 31.7 Å². The standard InChI is InChI=1S/C4H5N/c1-2-4-5-3-1/h1,3,5H,2H2. The minimum Gasteiger partial charge on any atom is -0.381 e. The molecule has 5 heavy (non-hydrogen) atoms. The minimum atomic E-state index is 0.958. The quantitative estimate of drug-likeness (QED) is 0.436. The zero-order valence-electron chi connectivity index (χ0n) is 2.86. The Morgan fingerprint density at radius 3 is 3.00 bits per heavy atom. The highest BCUT2D eigenvalue weighted by molar-refractivity contribution is 4.94. The van der Waals surface area contributed by atoms with Crippen molar-refractivity contribution in [3.8, 4) is 0 Å². The molecular formula is C4H5N. The lowest BCUT2D eigenvalue weighted by Gasteiger charge is -1.75. The molecule has 0 aliphatic carbocycles. The molecule has 0 fully saturated rings. The van der Waals surface area contributed by atoms with Gasteiger partial charge in [-0.1, -0.05) is 6.08 Å². The summed E-state index contributed by atoms with van der Waals surface area (Å²) in [5, 5.41) is 2.79. The van der Waals surface area contributed by atoms with Gasteiger partial charge in [-0.2, -0.15) is 0 Å². The van der Waals surface area contributed by atoms with Gasteiger partial charge in [0.1, 0.15) is 0 Å². The first kappa shape index (κ1) is 2.76. The highest BCUT2D eigenvalue weighted by Crippen LogP contribution is 1.90. The monoisotopic (exact) mass is 67.0 g/mol. The predicted octanol–water partition coefficient (Wildman–Crippen LogP) is 0.532. The molecule has 1 nitrogen and oxygen atoms in total. The third-order valence-electron chi connectivity index (χ3n) is 0.523. The number of hydrogen-bond acceptors (Lipinski definition) is 1. The highest BCUT2D eigenvalue weighted by Gasteiger charge is 1.84. The molecule has 0 aromatic rings. The molecule has 1 N–H and O–H groups in total. The van der Waals surface area contributed by atoms with Crippen LogP contribution < -0.4 is 5.32 Å². The molecule has 1 heteroatoms. The van der Waals surface area contributed by atoms with Gasteiger partial charge in [0.05, 0.1) is 6.54 Å². The second-order valence-corrected chi connectivity index (χ2v) is 0.928. The molecule has 1 aliphatic rings. The Bertz CT molecular complexity index is 41.6. The first-order valence-electron chi connectivity index (χ1n) is 1.63. The summed E-state index contributed by atoms with van der Waals surface area (Å²) >= 11 is 0. The summed E-state index contributed by atoms with van der Waals surface area (Å²) in [6.07, 6.45) is 4.85. The van der Waals surface area contributed by atoms with E-state index in [0.29, 0.717) is 0 Å². The van der Waals surface area contributed by atoms with Crippen molar-refractivity contribution >= 4 is 0 Å². The maximum atomic E-state index is 2.86. The first-order valence-corrected chi connectivity index (χ1v) is 1.63. The maximum absolute atomic E-state index is 2.86. The van der Waals surface area contributed by atoms with Crippen LogP contribution in [-0.4, -0.2) is 0 Å². The van der Waals surface area contributed by atoms with Crippen molar-refractivity contribution in [1.29, 1.82) is 0 Å². The van der Waals surface area contributed by atoms with Crippen molar-refractivity contribution in [3.05, 3.63) is 18.8 Å². The molecule has 0 aromatic heterocycles. The molecular weight excluding hydrogens is 62.1 g/mol. The SMILES string of the molecule is [C]1CC=CN1. The Hall–Kier alpha value is -0.460. The van der Waals surface area contributed by atoms with Crippen molar-refractivity contribution < 1.29 is 0 Å². The molecule has 0 saturated carbocycles. The Balaban J connectivity index is 2.32. The second-order valence-electron chi connectivity index (χ2n) is 0.928. The van der Waals surface area contributed by atoms with Gasteiger partial charge in [-0.15, -0.1) is 0 Å². The maximum Gasteiger partial charge on any atom is 0.0917 e. The fourth-order valence-electron chi connectivity index (χ4n) is 0.295. The van der Waals surface area contributed by atoms with Crippen molar-refractivity contribution in [1.82, 2.24) is 5.32 Å². The first-order chi connectivity index (χ1) is 2.50. The second kappa shape index (κ2) is 1.11. The van der Waals surface area contributed by atoms with Crippen molar-refractivity contribution in [2.75, 3.05) is 0 Å². The van der Waals surface area contributed by atoms with E-state index in [2.05, 4.69) is 11.9 Å². The van der Waals surface area contributed by atoms with E-state index in [1.54, 1.807) is 0 Å². The molecule has 0 amide bonds. The lowest BCUT2D eigenvalue weighted by molar-refractivity contribution is 1.06. The molecule has 0 unspecified atom stereocenters. The summed E-state index contributed by atoms with van der Waals surface area (Å²) in [6, 6.07) is 0. The van der Waals surface area contributed by atoms with E-state index in [1.165, 1.54) is 0 Å². The third-order valence-corrected chi connectivity index (χ3v) is 0.523. The average molecular weight is 67.1 g/mol. The van der Waals surface area contributed by atoms with Gasteiger partial charge in [0, 0.05) is 0 Å². The Morgan fingerprint density at radius 1 is 1.80 bits per heavy atom. The van der Waals surface area contributed by atoms with E-state index in [9.17, 15) is 0 Å². The van der Waals surface area contributed by atoms with E-state index >= 15 is 0 Å². The van der Waals surface area contributed by atoms with E-state index < -0.39 is 0 Å². The van der Waals surface area contributed by atoms with Gasteiger partial charge in [0.15, 0.2) is 0 Å². The lowest BCUT2D eigenvalue weighted by Crippen LogP contribution is -1.88. The van der Waals surface area contributed by atoms with Gasteiger partial charge in [0.2, 0.25) is 0 Å². The molecule has 26 valence electrons. The lowest BCUT2D eigenvalue weighted by atomic mass is 10.5. The molecule has 1 aliphatic heterocycles. The number of nitrogens with one attached hydrogen (secondary N) is 1. The van der Waals surface area contributed by atoms with Gasteiger partial charge >= 0.3 is 0 Å². The Morgan fingerprint density at radius 2 is 2.80 bits per heavy atom. The molecule has 1 rings (SSSR count). The van der Waals surface area contributed by atoms with Gasteiger partial charge in [-0.3, -0.25) is 0 Å². The van der Waals surface area contributed by atoms with Crippen LogP contribution in [0.5, 0.6) is 0 Å². The van der Waals surface area contributed by atoms with Crippen LogP contribution in [0.15, 0.2) is 12.3 Å². The topological polar surface area (TPSA) is 12.0 Å². The minimum absolute atomic E-state index is 0.958. The van der Waals surface area contributed by atoms with Crippen LogP contribution in [0.1, 0.15) is 6.42 Å². The van der Waals surface area contributed by atoms with E-state index in [4.69, 9.17) is 0 Å². The molecule has 0 bridgehead atoms. The Kier molecular flexibility index (Phi) is 0.612. The summed E-state index contributed by atoms with van der Waals surface area (Å²) in [6.45, 7) is 2.86. The van der Waals surface area contributed by atoms with Gasteiger partial charge < -0.3 is 5.32 Å². The zero-order chi connectivity index (χ0) is 3.54. The molecule has 0 spiro atoms. The molecule has 0 saturated heterocycles. The van der Waals surface area contributed by atoms with Gasteiger partial charge in [-0.25, -0.2) is 0 Å². The van der Waals surface area contributed by atoms with E-state index in [1.807, 2.05) is 12.3 Å². The highest BCUT2D eigenvalue weighted by atomic mass is 14.8. The summed E-state index contributed by atoms with van der Waals surface area (Å²) in [5.41, 5.74) is 0. The van der Waals surface area contributed by atoms with Crippen LogP contribution >= 0.6 is 0 Å². The van der Waals surface area contributed by atoms with Crippen LogP contribution in [0.2, 0.25) is 0 Å². The van der Waals surface area contributed by atoms with Crippen LogP contribution in [-0.2, 0) is 0 Å². The smallest absolute Gasteiger partial charge is 0.0917 e. The van der Waals surface area contributed by atoms with Crippen LogP contribution in [0.25, 0.3) is 0 Å². The largest absolute Gasteiger partial charge is 0.381 e. The van der Waals surface area contributed by atoms with E-state index in [0.717, 1.165) is 6.42 Å². The van der Waals surface area contributed by atoms with Crippen molar-refractivity contribution in [2.24, 2.45) is 0 Å².